The minimum atomic E-state index is -0.123. The highest BCUT2D eigenvalue weighted by molar-refractivity contribution is 5.88. The molecule has 0 atom stereocenters. The van der Waals surface area contributed by atoms with Crippen molar-refractivity contribution in [3.8, 4) is 6.07 Å². The summed E-state index contributed by atoms with van der Waals surface area (Å²) in [6.07, 6.45) is 1.50. The highest BCUT2D eigenvalue weighted by atomic mass is 16.1. The molecule has 1 aromatic heterocycles. The summed E-state index contributed by atoms with van der Waals surface area (Å²) in [6.45, 7) is 1.46. The number of rotatable bonds is 5. The lowest BCUT2D eigenvalue weighted by atomic mass is 10.2. The summed E-state index contributed by atoms with van der Waals surface area (Å²) < 4.78 is 0. The number of amides is 1. The Morgan fingerprint density at radius 2 is 1.81 bits per heavy atom. The summed E-state index contributed by atoms with van der Waals surface area (Å²) in [6, 6.07) is 16.3. The van der Waals surface area contributed by atoms with Crippen molar-refractivity contribution in [1.29, 1.82) is 5.26 Å². The van der Waals surface area contributed by atoms with Crippen molar-refractivity contribution in [2.24, 2.45) is 0 Å². The van der Waals surface area contributed by atoms with Gasteiger partial charge in [-0.15, -0.1) is 5.10 Å². The van der Waals surface area contributed by atoms with Crippen LogP contribution < -0.4 is 16.0 Å². The summed E-state index contributed by atoms with van der Waals surface area (Å²) in [4.78, 5) is 15.4. The van der Waals surface area contributed by atoms with Crippen LogP contribution in [0.4, 0.5) is 28.8 Å². The number of carbonyl (C=O) groups excluding carboxylic acids is 1. The van der Waals surface area contributed by atoms with E-state index in [9.17, 15) is 4.79 Å². The van der Waals surface area contributed by atoms with Crippen molar-refractivity contribution >= 4 is 34.7 Å². The molecule has 1 amide bonds. The Hall–Kier alpha value is -3.99. The quantitative estimate of drug-likeness (QED) is 0.650. The van der Waals surface area contributed by atoms with E-state index in [1.54, 1.807) is 30.3 Å². The van der Waals surface area contributed by atoms with E-state index in [2.05, 4.69) is 37.2 Å². The standard InChI is InChI=1S/C18H15N7O/c1-12(26)21-14-5-7-15(8-6-14)22-17-11-20-25-18(24-17)23-16-4-2-3-13(9-16)10-19/h2-9,11H,1H3,(H,21,26)(H2,22,23,24,25). The van der Waals surface area contributed by atoms with Crippen LogP contribution in [0.1, 0.15) is 12.5 Å². The van der Waals surface area contributed by atoms with Gasteiger partial charge >= 0.3 is 0 Å². The Balaban J connectivity index is 1.71. The van der Waals surface area contributed by atoms with Crippen molar-refractivity contribution in [3.05, 3.63) is 60.3 Å². The molecule has 0 aliphatic rings. The molecule has 0 saturated carbocycles. The third-order valence-electron chi connectivity index (χ3n) is 3.28. The minimum absolute atomic E-state index is 0.123. The molecule has 2 aromatic carbocycles. The molecule has 0 spiro atoms. The topological polar surface area (TPSA) is 116 Å². The monoisotopic (exact) mass is 345 g/mol. The molecule has 0 aliphatic heterocycles. The first-order valence-electron chi connectivity index (χ1n) is 7.74. The van der Waals surface area contributed by atoms with E-state index >= 15 is 0 Å². The number of hydrogen-bond acceptors (Lipinski definition) is 7. The summed E-state index contributed by atoms with van der Waals surface area (Å²) in [7, 11) is 0. The van der Waals surface area contributed by atoms with Gasteiger partial charge in [-0.3, -0.25) is 4.79 Å². The lowest BCUT2D eigenvalue weighted by molar-refractivity contribution is -0.114. The van der Waals surface area contributed by atoms with Crippen molar-refractivity contribution in [3.63, 3.8) is 0 Å². The van der Waals surface area contributed by atoms with Gasteiger partial charge in [-0.05, 0) is 42.5 Å². The van der Waals surface area contributed by atoms with Gasteiger partial charge in [0.1, 0.15) is 0 Å². The van der Waals surface area contributed by atoms with Crippen LogP contribution in [0, 0.1) is 11.3 Å². The first kappa shape index (κ1) is 16.9. The Morgan fingerprint density at radius 3 is 2.54 bits per heavy atom. The number of benzene rings is 2. The smallest absolute Gasteiger partial charge is 0.249 e. The molecule has 1 heterocycles. The van der Waals surface area contributed by atoms with E-state index in [-0.39, 0.29) is 5.91 Å². The molecule has 3 aromatic rings. The third-order valence-corrected chi connectivity index (χ3v) is 3.28. The predicted octanol–water partition coefficient (Wildman–Crippen LogP) is 3.19. The molecule has 0 radical (unpaired) electrons. The number of nitriles is 1. The van der Waals surface area contributed by atoms with Crippen LogP contribution in [0.15, 0.2) is 54.7 Å². The van der Waals surface area contributed by atoms with Gasteiger partial charge in [0, 0.05) is 24.0 Å². The SMILES string of the molecule is CC(=O)Nc1ccc(Nc2cnnc(Nc3cccc(C#N)c3)n2)cc1. The minimum Gasteiger partial charge on any atom is -0.339 e. The fraction of sp³-hybridized carbons (Fsp3) is 0.0556. The van der Waals surface area contributed by atoms with Crippen molar-refractivity contribution < 1.29 is 4.79 Å². The summed E-state index contributed by atoms with van der Waals surface area (Å²) in [5.41, 5.74) is 2.74. The first-order chi connectivity index (χ1) is 12.6. The molecule has 0 bridgehead atoms. The van der Waals surface area contributed by atoms with Crippen LogP contribution in [0.25, 0.3) is 0 Å². The van der Waals surface area contributed by atoms with E-state index in [1.165, 1.54) is 13.1 Å². The van der Waals surface area contributed by atoms with Gasteiger partial charge in [0.2, 0.25) is 11.9 Å². The zero-order chi connectivity index (χ0) is 18.4. The second kappa shape index (κ2) is 7.72. The van der Waals surface area contributed by atoms with Crippen LogP contribution in [-0.2, 0) is 4.79 Å². The van der Waals surface area contributed by atoms with Crippen LogP contribution in [0.3, 0.4) is 0 Å². The van der Waals surface area contributed by atoms with E-state index in [0.717, 1.165) is 5.69 Å². The Labute approximate surface area is 149 Å². The maximum absolute atomic E-state index is 11.0. The number of aromatic nitrogens is 3. The number of carbonyl (C=O) groups is 1. The Bertz CT molecular complexity index is 964. The predicted molar refractivity (Wildman–Crippen MR) is 98.3 cm³/mol. The lowest BCUT2D eigenvalue weighted by Crippen LogP contribution is -2.05. The third kappa shape index (κ3) is 4.52. The molecule has 0 unspecified atom stereocenters. The fourth-order valence-corrected chi connectivity index (χ4v) is 2.20. The van der Waals surface area contributed by atoms with Gasteiger partial charge in [0.25, 0.3) is 0 Å². The molecular weight excluding hydrogens is 330 g/mol. The molecular formula is C18H15N7O. The van der Waals surface area contributed by atoms with Gasteiger partial charge in [0.15, 0.2) is 5.82 Å². The highest BCUT2D eigenvalue weighted by Gasteiger charge is 2.03. The van der Waals surface area contributed by atoms with Gasteiger partial charge in [-0.1, -0.05) is 6.07 Å². The van der Waals surface area contributed by atoms with E-state index < -0.39 is 0 Å². The molecule has 0 fully saturated rings. The molecule has 128 valence electrons. The molecule has 8 nitrogen and oxygen atoms in total. The van der Waals surface area contributed by atoms with Gasteiger partial charge < -0.3 is 16.0 Å². The summed E-state index contributed by atoms with van der Waals surface area (Å²) in [5.74, 6) is 0.688. The van der Waals surface area contributed by atoms with Crippen molar-refractivity contribution in [1.82, 2.24) is 15.2 Å². The summed E-state index contributed by atoms with van der Waals surface area (Å²) >= 11 is 0. The second-order valence-corrected chi connectivity index (χ2v) is 5.37. The normalized spacial score (nSPS) is 9.85. The van der Waals surface area contributed by atoms with Crippen LogP contribution >= 0.6 is 0 Å². The van der Waals surface area contributed by atoms with Gasteiger partial charge in [-0.25, -0.2) is 0 Å². The first-order valence-corrected chi connectivity index (χ1v) is 7.74. The molecule has 3 rings (SSSR count). The summed E-state index contributed by atoms with van der Waals surface area (Å²) in [5, 5.41) is 25.6. The molecule has 0 saturated heterocycles. The van der Waals surface area contributed by atoms with Crippen molar-refractivity contribution in [2.45, 2.75) is 6.92 Å². The number of anilines is 5. The van der Waals surface area contributed by atoms with Crippen LogP contribution in [0.2, 0.25) is 0 Å². The molecule has 8 heteroatoms. The number of nitrogens with one attached hydrogen (secondary N) is 3. The average Bonchev–Trinajstić information content (AvgIpc) is 2.63. The zero-order valence-electron chi connectivity index (χ0n) is 13.9. The lowest BCUT2D eigenvalue weighted by Gasteiger charge is -2.09. The van der Waals surface area contributed by atoms with Gasteiger partial charge in [0.05, 0.1) is 17.8 Å². The number of nitrogens with zero attached hydrogens (tertiary/aromatic N) is 4. The maximum atomic E-state index is 11.0. The second-order valence-electron chi connectivity index (χ2n) is 5.37. The number of hydrogen-bond donors (Lipinski definition) is 3. The van der Waals surface area contributed by atoms with Gasteiger partial charge in [-0.2, -0.15) is 15.3 Å². The van der Waals surface area contributed by atoms with E-state index in [1.807, 2.05) is 18.2 Å². The molecule has 3 N–H and O–H groups in total. The van der Waals surface area contributed by atoms with E-state index in [0.29, 0.717) is 28.7 Å². The van der Waals surface area contributed by atoms with Crippen LogP contribution in [0.5, 0.6) is 0 Å². The fourth-order valence-electron chi connectivity index (χ4n) is 2.20. The highest BCUT2D eigenvalue weighted by Crippen LogP contribution is 2.19. The van der Waals surface area contributed by atoms with Crippen LogP contribution in [-0.4, -0.2) is 21.1 Å². The van der Waals surface area contributed by atoms with Crippen molar-refractivity contribution in [2.75, 3.05) is 16.0 Å². The molecule has 0 aliphatic carbocycles. The maximum Gasteiger partial charge on any atom is 0.249 e. The average molecular weight is 345 g/mol. The largest absolute Gasteiger partial charge is 0.339 e. The molecule has 26 heavy (non-hydrogen) atoms. The Morgan fingerprint density at radius 1 is 1.04 bits per heavy atom. The Kier molecular flexibility index (Phi) is 5.00. The zero-order valence-corrected chi connectivity index (χ0v) is 13.9. The van der Waals surface area contributed by atoms with E-state index in [4.69, 9.17) is 5.26 Å².